The maximum absolute atomic E-state index is 6.33. The van der Waals surface area contributed by atoms with E-state index in [1.165, 1.54) is 12.8 Å². The van der Waals surface area contributed by atoms with Crippen molar-refractivity contribution in [2.45, 2.75) is 26.7 Å². The summed E-state index contributed by atoms with van der Waals surface area (Å²) in [6.45, 7) is 6.88. The van der Waals surface area contributed by atoms with Crippen LogP contribution in [0.5, 0.6) is 5.75 Å². The number of nitrogens with one attached hydrogen (secondary N) is 1. The highest BCUT2D eigenvalue weighted by atomic mass is 16.5. The summed E-state index contributed by atoms with van der Waals surface area (Å²) in [5.41, 5.74) is 7.85. The van der Waals surface area contributed by atoms with Crippen molar-refractivity contribution < 1.29 is 4.74 Å². The summed E-state index contributed by atoms with van der Waals surface area (Å²) < 4.78 is 5.46. The molecule has 1 aliphatic heterocycles. The average Bonchev–Trinajstić information content (AvgIpc) is 2.59. The van der Waals surface area contributed by atoms with Crippen LogP contribution >= 0.6 is 0 Å². The minimum absolute atomic E-state index is 0.598. The van der Waals surface area contributed by atoms with Crippen LogP contribution in [-0.2, 0) is 0 Å². The zero-order valence-electron chi connectivity index (χ0n) is 14.3. The van der Waals surface area contributed by atoms with E-state index in [9.17, 15) is 0 Å². The molecule has 1 aromatic carbocycles. The molecule has 6 heteroatoms. The molecule has 2 aromatic rings. The van der Waals surface area contributed by atoms with E-state index in [4.69, 9.17) is 10.5 Å². The topological polar surface area (TPSA) is 76.3 Å². The Morgan fingerprint density at radius 2 is 2.08 bits per heavy atom. The van der Waals surface area contributed by atoms with Gasteiger partial charge in [0.05, 0.1) is 6.61 Å². The van der Waals surface area contributed by atoms with Crippen molar-refractivity contribution >= 4 is 23.0 Å². The van der Waals surface area contributed by atoms with Crippen LogP contribution in [0.1, 0.15) is 26.7 Å². The minimum atomic E-state index is 0.598. The predicted molar refractivity (Wildman–Crippen MR) is 97.9 cm³/mol. The summed E-state index contributed by atoms with van der Waals surface area (Å²) in [6, 6.07) is 7.76. The summed E-state index contributed by atoms with van der Waals surface area (Å²) >= 11 is 0. The first-order valence-corrected chi connectivity index (χ1v) is 8.52. The molecule has 1 saturated heterocycles. The fourth-order valence-electron chi connectivity index (χ4n) is 3.06. The lowest BCUT2D eigenvalue weighted by Crippen LogP contribution is -2.35. The number of aromatic nitrogens is 2. The number of anilines is 4. The van der Waals surface area contributed by atoms with E-state index in [2.05, 4.69) is 27.1 Å². The van der Waals surface area contributed by atoms with Gasteiger partial charge in [-0.2, -0.15) is 0 Å². The molecule has 2 heterocycles. The molecule has 1 unspecified atom stereocenters. The molecule has 1 fully saturated rings. The molecule has 0 bridgehead atoms. The second kappa shape index (κ2) is 7.38. The van der Waals surface area contributed by atoms with Gasteiger partial charge in [-0.25, -0.2) is 9.97 Å². The molecule has 0 aliphatic carbocycles. The first kappa shape index (κ1) is 16.4. The second-order valence-corrected chi connectivity index (χ2v) is 6.24. The Kier molecular flexibility index (Phi) is 5.03. The van der Waals surface area contributed by atoms with Crippen LogP contribution in [0.25, 0.3) is 0 Å². The SMILES string of the molecule is CCOc1ccc(Nc2ncnc(N3CCCC(C)C3)c2N)cc1. The largest absolute Gasteiger partial charge is 0.494 e. The molecule has 3 rings (SSSR count). The zero-order chi connectivity index (χ0) is 16.9. The van der Waals surface area contributed by atoms with Crippen molar-refractivity contribution in [2.75, 3.05) is 35.6 Å². The number of ether oxygens (including phenoxy) is 1. The maximum Gasteiger partial charge on any atom is 0.159 e. The Labute approximate surface area is 143 Å². The van der Waals surface area contributed by atoms with Crippen molar-refractivity contribution in [3.05, 3.63) is 30.6 Å². The number of hydrogen-bond donors (Lipinski definition) is 2. The third-order valence-electron chi connectivity index (χ3n) is 4.25. The summed E-state index contributed by atoms with van der Waals surface area (Å²) in [5, 5.41) is 3.27. The molecule has 1 aromatic heterocycles. The standard InChI is InChI=1S/C18H25N5O/c1-3-24-15-8-6-14(7-9-15)22-17-16(19)18(21-12-20-17)23-10-4-5-13(2)11-23/h6-9,12-13H,3-5,10-11,19H2,1-2H3,(H,20,21,22). The van der Waals surface area contributed by atoms with E-state index >= 15 is 0 Å². The second-order valence-electron chi connectivity index (χ2n) is 6.24. The molecule has 0 radical (unpaired) electrons. The fraction of sp³-hybridized carbons (Fsp3) is 0.444. The highest BCUT2D eigenvalue weighted by molar-refractivity contribution is 5.78. The van der Waals surface area contributed by atoms with Crippen LogP contribution < -0.4 is 20.7 Å². The maximum atomic E-state index is 6.33. The van der Waals surface area contributed by atoms with Crippen LogP contribution in [0.4, 0.5) is 23.0 Å². The lowest BCUT2D eigenvalue weighted by Gasteiger charge is -2.32. The Morgan fingerprint density at radius 1 is 1.29 bits per heavy atom. The van der Waals surface area contributed by atoms with Gasteiger partial charge in [0, 0.05) is 18.8 Å². The summed E-state index contributed by atoms with van der Waals surface area (Å²) in [5.74, 6) is 2.98. The van der Waals surface area contributed by atoms with E-state index in [0.717, 1.165) is 30.3 Å². The molecular formula is C18H25N5O. The van der Waals surface area contributed by atoms with Crippen molar-refractivity contribution in [3.8, 4) is 5.75 Å². The van der Waals surface area contributed by atoms with Crippen LogP contribution in [0.15, 0.2) is 30.6 Å². The lowest BCUT2D eigenvalue weighted by molar-refractivity contribution is 0.340. The predicted octanol–water partition coefficient (Wildman–Crippen LogP) is 3.44. The number of hydrogen-bond acceptors (Lipinski definition) is 6. The Balaban J connectivity index is 1.77. The lowest BCUT2D eigenvalue weighted by atomic mass is 10.0. The number of nitrogens with zero attached hydrogens (tertiary/aromatic N) is 3. The van der Waals surface area contributed by atoms with Gasteiger partial charge < -0.3 is 20.7 Å². The number of nitrogens with two attached hydrogens (primary N) is 1. The van der Waals surface area contributed by atoms with Crippen LogP contribution in [0.2, 0.25) is 0 Å². The molecule has 24 heavy (non-hydrogen) atoms. The van der Waals surface area contributed by atoms with E-state index in [1.807, 2.05) is 31.2 Å². The quantitative estimate of drug-likeness (QED) is 0.876. The molecule has 6 nitrogen and oxygen atoms in total. The molecule has 0 spiro atoms. The highest BCUT2D eigenvalue weighted by Gasteiger charge is 2.21. The smallest absolute Gasteiger partial charge is 0.159 e. The van der Waals surface area contributed by atoms with Crippen LogP contribution in [-0.4, -0.2) is 29.7 Å². The van der Waals surface area contributed by atoms with Gasteiger partial charge in [0.1, 0.15) is 17.8 Å². The zero-order valence-corrected chi connectivity index (χ0v) is 14.3. The van der Waals surface area contributed by atoms with Crippen LogP contribution in [0, 0.1) is 5.92 Å². The van der Waals surface area contributed by atoms with Gasteiger partial charge in [-0.1, -0.05) is 6.92 Å². The fourth-order valence-corrected chi connectivity index (χ4v) is 3.06. The molecule has 0 saturated carbocycles. The summed E-state index contributed by atoms with van der Waals surface area (Å²) in [7, 11) is 0. The summed E-state index contributed by atoms with van der Waals surface area (Å²) in [4.78, 5) is 11.0. The van der Waals surface area contributed by atoms with Gasteiger partial charge in [-0.15, -0.1) is 0 Å². The van der Waals surface area contributed by atoms with E-state index in [-0.39, 0.29) is 0 Å². The first-order chi connectivity index (χ1) is 11.7. The Bertz CT molecular complexity index is 674. The third kappa shape index (κ3) is 3.69. The molecule has 0 amide bonds. The van der Waals surface area contributed by atoms with Gasteiger partial charge in [0.2, 0.25) is 0 Å². The normalized spacial score (nSPS) is 17.6. The van der Waals surface area contributed by atoms with E-state index < -0.39 is 0 Å². The molecular weight excluding hydrogens is 302 g/mol. The molecule has 1 atom stereocenters. The average molecular weight is 327 g/mol. The third-order valence-corrected chi connectivity index (χ3v) is 4.25. The highest BCUT2D eigenvalue weighted by Crippen LogP contribution is 2.31. The number of nitrogen functional groups attached to an aromatic ring is 1. The van der Waals surface area contributed by atoms with Crippen molar-refractivity contribution in [2.24, 2.45) is 5.92 Å². The minimum Gasteiger partial charge on any atom is -0.494 e. The monoisotopic (exact) mass is 327 g/mol. The van der Waals surface area contributed by atoms with Gasteiger partial charge in [-0.3, -0.25) is 0 Å². The van der Waals surface area contributed by atoms with Gasteiger partial charge in [0.15, 0.2) is 11.6 Å². The molecule has 3 N–H and O–H groups in total. The van der Waals surface area contributed by atoms with E-state index in [1.54, 1.807) is 6.33 Å². The Morgan fingerprint density at radius 3 is 2.79 bits per heavy atom. The number of piperidine rings is 1. The van der Waals surface area contributed by atoms with Crippen LogP contribution in [0.3, 0.4) is 0 Å². The number of rotatable bonds is 5. The summed E-state index contributed by atoms with van der Waals surface area (Å²) in [6.07, 6.45) is 4.01. The van der Waals surface area contributed by atoms with Crippen molar-refractivity contribution in [1.29, 1.82) is 0 Å². The van der Waals surface area contributed by atoms with Gasteiger partial charge >= 0.3 is 0 Å². The first-order valence-electron chi connectivity index (χ1n) is 8.52. The molecule has 128 valence electrons. The van der Waals surface area contributed by atoms with E-state index in [0.29, 0.717) is 24.0 Å². The van der Waals surface area contributed by atoms with Gasteiger partial charge in [-0.05, 0) is 49.9 Å². The number of benzene rings is 1. The van der Waals surface area contributed by atoms with Crippen molar-refractivity contribution in [1.82, 2.24) is 9.97 Å². The molecule has 1 aliphatic rings. The Hall–Kier alpha value is -2.50. The van der Waals surface area contributed by atoms with Gasteiger partial charge in [0.25, 0.3) is 0 Å². The van der Waals surface area contributed by atoms with Crippen molar-refractivity contribution in [3.63, 3.8) is 0 Å².